The van der Waals surface area contributed by atoms with Crippen molar-refractivity contribution in [3.63, 3.8) is 0 Å². The van der Waals surface area contributed by atoms with E-state index >= 15 is 0 Å². The minimum Gasteiger partial charge on any atom is -0.481 e. The van der Waals surface area contributed by atoms with Gasteiger partial charge >= 0.3 is 6.01 Å². The molecular weight excluding hydrogens is 258 g/mol. The Balaban J connectivity index is 2.29. The van der Waals surface area contributed by atoms with Gasteiger partial charge in [0.15, 0.2) is 0 Å². The summed E-state index contributed by atoms with van der Waals surface area (Å²) in [6.07, 6.45) is 0. The molecule has 0 radical (unpaired) electrons. The lowest BCUT2D eigenvalue weighted by molar-refractivity contribution is 0.347. The Bertz CT molecular complexity index is 553. The van der Waals surface area contributed by atoms with Gasteiger partial charge in [0, 0.05) is 12.1 Å². The van der Waals surface area contributed by atoms with Crippen LogP contribution in [0.5, 0.6) is 23.5 Å². The first-order valence-electron chi connectivity index (χ1n) is 6.14. The van der Waals surface area contributed by atoms with E-state index < -0.39 is 0 Å². The summed E-state index contributed by atoms with van der Waals surface area (Å²) in [5.74, 6) is 1.47. The van der Waals surface area contributed by atoms with Gasteiger partial charge in [-0.15, -0.1) is 0 Å². The van der Waals surface area contributed by atoms with Gasteiger partial charge < -0.3 is 19.5 Å². The van der Waals surface area contributed by atoms with Crippen LogP contribution in [0.2, 0.25) is 0 Å². The van der Waals surface area contributed by atoms with Crippen LogP contribution in [0, 0.1) is 0 Å². The summed E-state index contributed by atoms with van der Waals surface area (Å²) in [6.45, 7) is 0.692. The average molecular weight is 275 g/mol. The van der Waals surface area contributed by atoms with Crippen LogP contribution in [0.15, 0.2) is 30.3 Å². The highest BCUT2D eigenvalue weighted by Gasteiger charge is 2.09. The molecule has 1 heterocycles. The Kier molecular flexibility index (Phi) is 4.73. The van der Waals surface area contributed by atoms with Crippen LogP contribution in [0.25, 0.3) is 0 Å². The molecule has 0 atom stereocenters. The molecule has 6 nitrogen and oxygen atoms in total. The zero-order chi connectivity index (χ0) is 14.4. The minimum absolute atomic E-state index is 0.185. The van der Waals surface area contributed by atoms with E-state index in [0.717, 1.165) is 5.56 Å². The Labute approximate surface area is 117 Å². The van der Waals surface area contributed by atoms with Crippen LogP contribution < -0.4 is 19.5 Å². The lowest BCUT2D eigenvalue weighted by Crippen LogP contribution is -2.07. The van der Waals surface area contributed by atoms with Gasteiger partial charge in [0.1, 0.15) is 5.75 Å². The molecule has 2 aromatic rings. The lowest BCUT2D eigenvalue weighted by atomic mass is 10.2. The monoisotopic (exact) mass is 275 g/mol. The van der Waals surface area contributed by atoms with Crippen molar-refractivity contribution in [3.8, 4) is 23.5 Å². The number of hydrogen-bond acceptors (Lipinski definition) is 6. The second-order valence-corrected chi connectivity index (χ2v) is 3.98. The van der Waals surface area contributed by atoms with Crippen LogP contribution in [0.1, 0.15) is 5.56 Å². The molecule has 2 rings (SSSR count). The van der Waals surface area contributed by atoms with Crippen molar-refractivity contribution in [2.45, 2.75) is 6.54 Å². The van der Waals surface area contributed by atoms with E-state index in [1.54, 1.807) is 6.07 Å². The van der Waals surface area contributed by atoms with Gasteiger partial charge in [0.05, 0.1) is 20.3 Å². The summed E-state index contributed by atoms with van der Waals surface area (Å²) in [5, 5.41) is 3.09. The largest absolute Gasteiger partial charge is 0.481 e. The Morgan fingerprint density at radius 2 is 1.70 bits per heavy atom. The van der Waals surface area contributed by atoms with E-state index in [-0.39, 0.29) is 6.01 Å². The first-order valence-corrected chi connectivity index (χ1v) is 6.14. The smallest absolute Gasteiger partial charge is 0.328 e. The van der Waals surface area contributed by atoms with Crippen LogP contribution >= 0.6 is 0 Å². The fourth-order valence-electron chi connectivity index (χ4n) is 1.68. The minimum atomic E-state index is 0.185. The highest BCUT2D eigenvalue weighted by atomic mass is 16.5. The van der Waals surface area contributed by atoms with Crippen LogP contribution in [-0.2, 0) is 6.54 Å². The molecule has 6 heteroatoms. The summed E-state index contributed by atoms with van der Waals surface area (Å²) < 4.78 is 15.9. The third-order valence-corrected chi connectivity index (χ3v) is 2.62. The highest BCUT2D eigenvalue weighted by molar-refractivity contribution is 5.35. The van der Waals surface area contributed by atoms with E-state index in [2.05, 4.69) is 15.3 Å². The number of benzene rings is 1. The summed E-state index contributed by atoms with van der Waals surface area (Å²) in [7, 11) is 4.93. The second kappa shape index (κ2) is 6.72. The third kappa shape index (κ3) is 3.36. The Morgan fingerprint density at radius 1 is 1.05 bits per heavy atom. The van der Waals surface area contributed by atoms with E-state index in [4.69, 9.17) is 14.2 Å². The SMILES string of the molecule is CNCc1ccccc1Oc1nc(OC)cc(OC)n1. The molecule has 1 N–H and O–H groups in total. The van der Waals surface area contributed by atoms with Crippen molar-refractivity contribution in [3.05, 3.63) is 35.9 Å². The quantitative estimate of drug-likeness (QED) is 0.870. The Hall–Kier alpha value is -2.34. The number of methoxy groups -OCH3 is 2. The van der Waals surface area contributed by atoms with Gasteiger partial charge in [-0.05, 0) is 13.1 Å². The molecule has 0 aliphatic carbocycles. The molecule has 20 heavy (non-hydrogen) atoms. The summed E-state index contributed by atoms with van der Waals surface area (Å²) in [4.78, 5) is 8.28. The van der Waals surface area contributed by atoms with Gasteiger partial charge in [-0.25, -0.2) is 0 Å². The van der Waals surface area contributed by atoms with Crippen LogP contribution in [0.3, 0.4) is 0 Å². The highest BCUT2D eigenvalue weighted by Crippen LogP contribution is 2.26. The maximum Gasteiger partial charge on any atom is 0.328 e. The molecule has 0 saturated carbocycles. The van der Waals surface area contributed by atoms with Crippen molar-refractivity contribution in [2.24, 2.45) is 0 Å². The summed E-state index contributed by atoms with van der Waals surface area (Å²) in [5.41, 5.74) is 1.01. The normalized spacial score (nSPS) is 10.2. The van der Waals surface area contributed by atoms with Crippen molar-refractivity contribution in [2.75, 3.05) is 21.3 Å². The summed E-state index contributed by atoms with van der Waals surface area (Å²) >= 11 is 0. The standard InChI is InChI=1S/C14H17N3O3/c1-15-9-10-6-4-5-7-11(10)20-14-16-12(18-2)8-13(17-14)19-3/h4-8,15H,9H2,1-3H3. The Morgan fingerprint density at radius 3 is 2.30 bits per heavy atom. The molecule has 0 saturated heterocycles. The molecule has 0 amide bonds. The predicted octanol–water partition coefficient (Wildman–Crippen LogP) is 2.01. The second-order valence-electron chi connectivity index (χ2n) is 3.98. The molecule has 0 bridgehead atoms. The third-order valence-electron chi connectivity index (χ3n) is 2.62. The zero-order valence-corrected chi connectivity index (χ0v) is 11.7. The lowest BCUT2D eigenvalue weighted by Gasteiger charge is -2.10. The van der Waals surface area contributed by atoms with Gasteiger partial charge in [0.25, 0.3) is 0 Å². The zero-order valence-electron chi connectivity index (χ0n) is 11.7. The fourth-order valence-corrected chi connectivity index (χ4v) is 1.68. The van der Waals surface area contributed by atoms with E-state index in [1.165, 1.54) is 14.2 Å². The number of hydrogen-bond donors (Lipinski definition) is 1. The first-order chi connectivity index (χ1) is 9.76. The summed E-state index contributed by atoms with van der Waals surface area (Å²) in [6, 6.07) is 9.46. The van der Waals surface area contributed by atoms with Crippen molar-refractivity contribution in [1.82, 2.24) is 15.3 Å². The number of ether oxygens (including phenoxy) is 3. The van der Waals surface area contributed by atoms with Gasteiger partial charge in [-0.2, -0.15) is 9.97 Å². The van der Waals surface area contributed by atoms with E-state index in [1.807, 2.05) is 31.3 Å². The van der Waals surface area contributed by atoms with E-state index in [0.29, 0.717) is 24.1 Å². The molecular formula is C14H17N3O3. The number of nitrogens with one attached hydrogen (secondary N) is 1. The van der Waals surface area contributed by atoms with Crippen LogP contribution in [0.4, 0.5) is 0 Å². The maximum atomic E-state index is 5.72. The van der Waals surface area contributed by atoms with Gasteiger partial charge in [-0.3, -0.25) is 0 Å². The molecule has 1 aromatic heterocycles. The van der Waals surface area contributed by atoms with Crippen molar-refractivity contribution in [1.29, 1.82) is 0 Å². The fraction of sp³-hybridized carbons (Fsp3) is 0.286. The van der Waals surface area contributed by atoms with Crippen molar-refractivity contribution < 1.29 is 14.2 Å². The van der Waals surface area contributed by atoms with E-state index in [9.17, 15) is 0 Å². The number of aromatic nitrogens is 2. The van der Waals surface area contributed by atoms with Gasteiger partial charge in [-0.1, -0.05) is 18.2 Å². The molecule has 0 aliphatic heterocycles. The molecule has 0 unspecified atom stereocenters. The topological polar surface area (TPSA) is 65.5 Å². The molecule has 0 fully saturated rings. The number of nitrogens with zero attached hydrogens (tertiary/aromatic N) is 2. The first kappa shape index (κ1) is 14.1. The maximum absolute atomic E-state index is 5.72. The molecule has 0 aliphatic rings. The van der Waals surface area contributed by atoms with Crippen molar-refractivity contribution >= 4 is 0 Å². The molecule has 0 spiro atoms. The number of para-hydroxylation sites is 1. The molecule has 106 valence electrons. The predicted molar refractivity (Wildman–Crippen MR) is 74.4 cm³/mol. The average Bonchev–Trinajstić information content (AvgIpc) is 2.49. The number of rotatable bonds is 6. The van der Waals surface area contributed by atoms with Crippen LogP contribution in [-0.4, -0.2) is 31.2 Å². The molecule has 1 aromatic carbocycles. The van der Waals surface area contributed by atoms with Gasteiger partial charge in [0.2, 0.25) is 11.8 Å².